The van der Waals surface area contributed by atoms with E-state index in [1.165, 1.54) is 4.57 Å². The largest absolute Gasteiger partial charge is 0.369 e. The van der Waals surface area contributed by atoms with Gasteiger partial charge < -0.3 is 9.88 Å². The lowest BCUT2D eigenvalue weighted by molar-refractivity contribution is 0.844. The number of hydrogen-bond donors (Lipinski definition) is 1. The van der Waals surface area contributed by atoms with Crippen molar-refractivity contribution >= 4 is 5.82 Å². The van der Waals surface area contributed by atoms with E-state index in [9.17, 15) is 4.79 Å². The van der Waals surface area contributed by atoms with Crippen molar-refractivity contribution in [3.05, 3.63) is 22.7 Å². The van der Waals surface area contributed by atoms with Gasteiger partial charge >= 0.3 is 0 Å². The molecule has 0 aliphatic heterocycles. The van der Waals surface area contributed by atoms with Crippen molar-refractivity contribution in [2.75, 3.05) is 12.4 Å². The Kier molecular flexibility index (Phi) is 1.71. The number of aryl methyl sites for hydroxylation is 1. The quantitative estimate of drug-likeness (QED) is 0.587. The zero-order valence-corrected chi connectivity index (χ0v) is 5.96. The Morgan fingerprint density at radius 3 is 2.90 bits per heavy atom. The molecule has 0 radical (unpaired) electrons. The Morgan fingerprint density at radius 2 is 2.40 bits per heavy atom. The molecule has 1 heterocycles. The van der Waals surface area contributed by atoms with Gasteiger partial charge in [-0.25, -0.2) is 4.98 Å². The van der Waals surface area contributed by atoms with Gasteiger partial charge in [-0.1, -0.05) is 0 Å². The highest BCUT2D eigenvalue weighted by Gasteiger charge is 1.96. The summed E-state index contributed by atoms with van der Waals surface area (Å²) in [6, 6.07) is 0. The summed E-state index contributed by atoms with van der Waals surface area (Å²) in [4.78, 5) is 14.9. The smallest absolute Gasteiger partial charge is 0.293 e. The highest BCUT2D eigenvalue weighted by molar-refractivity contribution is 5.28. The van der Waals surface area contributed by atoms with Crippen LogP contribution in [0.3, 0.4) is 0 Å². The van der Waals surface area contributed by atoms with Crippen molar-refractivity contribution in [2.24, 2.45) is 7.05 Å². The Balaban J connectivity index is 3.28. The van der Waals surface area contributed by atoms with Gasteiger partial charge in [-0.2, -0.15) is 0 Å². The highest BCUT2D eigenvalue weighted by atomic mass is 16.1. The molecule has 0 atom stereocenters. The molecule has 0 saturated heterocycles. The van der Waals surface area contributed by atoms with Gasteiger partial charge in [-0.05, 0) is 0 Å². The van der Waals surface area contributed by atoms with Crippen molar-refractivity contribution in [3.63, 3.8) is 0 Å². The van der Waals surface area contributed by atoms with Crippen molar-refractivity contribution in [1.82, 2.24) is 9.55 Å². The molecule has 0 bridgehead atoms. The van der Waals surface area contributed by atoms with Crippen LogP contribution in [0.2, 0.25) is 0 Å². The third kappa shape index (κ3) is 1.00. The average Bonchev–Trinajstić information content (AvgIpc) is 1.95. The average molecular weight is 139 g/mol. The van der Waals surface area contributed by atoms with E-state index in [-0.39, 0.29) is 5.56 Å². The summed E-state index contributed by atoms with van der Waals surface area (Å²) in [6.45, 7) is 0. The molecule has 0 aromatic carbocycles. The van der Waals surface area contributed by atoms with E-state index in [1.54, 1.807) is 26.5 Å². The lowest BCUT2D eigenvalue weighted by Gasteiger charge is -1.98. The van der Waals surface area contributed by atoms with E-state index in [0.717, 1.165) is 0 Å². The fourth-order valence-electron chi connectivity index (χ4n) is 0.669. The molecule has 1 aromatic heterocycles. The summed E-state index contributed by atoms with van der Waals surface area (Å²) in [6.07, 6.45) is 3.19. The Labute approximate surface area is 58.5 Å². The van der Waals surface area contributed by atoms with Gasteiger partial charge in [0.05, 0.1) is 0 Å². The van der Waals surface area contributed by atoms with Gasteiger partial charge in [-0.15, -0.1) is 0 Å². The summed E-state index contributed by atoms with van der Waals surface area (Å²) >= 11 is 0. The van der Waals surface area contributed by atoms with E-state index in [2.05, 4.69) is 10.3 Å². The SMILES string of the molecule is CNc1nccn(C)c1=O. The van der Waals surface area contributed by atoms with E-state index in [1.807, 2.05) is 0 Å². The number of nitrogens with one attached hydrogen (secondary N) is 1. The summed E-state index contributed by atoms with van der Waals surface area (Å²) in [5, 5.41) is 2.69. The fraction of sp³-hybridized carbons (Fsp3) is 0.333. The first-order valence-corrected chi connectivity index (χ1v) is 2.95. The first-order chi connectivity index (χ1) is 4.75. The van der Waals surface area contributed by atoms with E-state index >= 15 is 0 Å². The van der Waals surface area contributed by atoms with Gasteiger partial charge in [0, 0.05) is 26.5 Å². The van der Waals surface area contributed by atoms with Crippen LogP contribution in [-0.4, -0.2) is 16.6 Å². The van der Waals surface area contributed by atoms with E-state index in [4.69, 9.17) is 0 Å². The highest BCUT2D eigenvalue weighted by Crippen LogP contribution is 1.86. The van der Waals surface area contributed by atoms with Gasteiger partial charge in [0.25, 0.3) is 5.56 Å². The minimum Gasteiger partial charge on any atom is -0.369 e. The molecule has 54 valence electrons. The number of hydrogen-bond acceptors (Lipinski definition) is 3. The van der Waals surface area contributed by atoms with Gasteiger partial charge in [0.1, 0.15) is 0 Å². The van der Waals surface area contributed by atoms with Gasteiger partial charge in [0.2, 0.25) is 0 Å². The number of rotatable bonds is 1. The number of nitrogens with zero attached hydrogens (tertiary/aromatic N) is 2. The monoisotopic (exact) mass is 139 g/mol. The zero-order valence-electron chi connectivity index (χ0n) is 5.96. The van der Waals surface area contributed by atoms with Crippen LogP contribution in [-0.2, 0) is 7.05 Å². The van der Waals surface area contributed by atoms with Crippen molar-refractivity contribution in [1.29, 1.82) is 0 Å². The molecule has 4 nitrogen and oxygen atoms in total. The van der Waals surface area contributed by atoms with Gasteiger partial charge in [0.15, 0.2) is 5.82 Å². The predicted molar refractivity (Wildman–Crippen MR) is 39.0 cm³/mol. The van der Waals surface area contributed by atoms with Crippen LogP contribution >= 0.6 is 0 Å². The summed E-state index contributed by atoms with van der Waals surface area (Å²) in [5.41, 5.74) is -0.106. The zero-order chi connectivity index (χ0) is 7.56. The Morgan fingerprint density at radius 1 is 1.70 bits per heavy atom. The lowest BCUT2D eigenvalue weighted by atomic mass is 10.6. The van der Waals surface area contributed by atoms with Crippen LogP contribution in [0.25, 0.3) is 0 Å². The topological polar surface area (TPSA) is 46.9 Å². The molecule has 0 amide bonds. The molecule has 10 heavy (non-hydrogen) atoms. The van der Waals surface area contributed by atoms with E-state index < -0.39 is 0 Å². The fourth-order valence-corrected chi connectivity index (χ4v) is 0.669. The number of anilines is 1. The normalized spacial score (nSPS) is 9.40. The maximum absolute atomic E-state index is 11.0. The van der Waals surface area contributed by atoms with Crippen LogP contribution < -0.4 is 10.9 Å². The maximum atomic E-state index is 11.0. The first kappa shape index (κ1) is 6.80. The molecule has 0 aliphatic carbocycles. The second-order valence-electron chi connectivity index (χ2n) is 1.94. The molecular formula is C6H9N3O. The minimum atomic E-state index is -0.106. The molecular weight excluding hydrogens is 130 g/mol. The molecule has 0 unspecified atom stereocenters. The predicted octanol–water partition coefficient (Wildman–Crippen LogP) is -0.178. The Hall–Kier alpha value is -1.32. The molecule has 0 aliphatic rings. The van der Waals surface area contributed by atoms with Crippen molar-refractivity contribution in [2.45, 2.75) is 0 Å². The van der Waals surface area contributed by atoms with Crippen LogP contribution in [0.4, 0.5) is 5.82 Å². The maximum Gasteiger partial charge on any atom is 0.293 e. The molecule has 4 heteroatoms. The lowest BCUT2D eigenvalue weighted by Crippen LogP contribution is -2.20. The van der Waals surface area contributed by atoms with Crippen molar-refractivity contribution < 1.29 is 0 Å². The molecule has 1 aromatic rings. The van der Waals surface area contributed by atoms with Crippen LogP contribution in [0.15, 0.2) is 17.2 Å². The summed E-state index contributed by atoms with van der Waals surface area (Å²) < 4.78 is 1.47. The second kappa shape index (κ2) is 2.51. The van der Waals surface area contributed by atoms with Crippen LogP contribution in [0.1, 0.15) is 0 Å². The minimum absolute atomic E-state index is 0.106. The number of aromatic nitrogens is 2. The summed E-state index contributed by atoms with van der Waals surface area (Å²) in [7, 11) is 3.36. The molecule has 0 fully saturated rings. The van der Waals surface area contributed by atoms with E-state index in [0.29, 0.717) is 5.82 Å². The van der Waals surface area contributed by atoms with Crippen LogP contribution in [0, 0.1) is 0 Å². The first-order valence-electron chi connectivity index (χ1n) is 2.95. The molecule has 1 N–H and O–H groups in total. The third-order valence-electron chi connectivity index (χ3n) is 1.25. The van der Waals surface area contributed by atoms with Crippen LogP contribution in [0.5, 0.6) is 0 Å². The third-order valence-corrected chi connectivity index (χ3v) is 1.25. The van der Waals surface area contributed by atoms with Gasteiger partial charge in [-0.3, -0.25) is 4.79 Å². The summed E-state index contributed by atoms with van der Waals surface area (Å²) in [5.74, 6) is 0.380. The Bertz CT molecular complexity index is 279. The standard InChI is InChI=1S/C6H9N3O/c1-7-5-6(10)9(2)4-3-8-5/h3-4H,1-2H3,(H,7,8). The molecule has 0 saturated carbocycles. The molecule has 0 spiro atoms. The molecule has 1 rings (SSSR count). The van der Waals surface area contributed by atoms with Crippen molar-refractivity contribution in [3.8, 4) is 0 Å². The second-order valence-corrected chi connectivity index (χ2v) is 1.94.